The number of amides is 2. The van der Waals surface area contributed by atoms with Gasteiger partial charge < -0.3 is 14.3 Å². The van der Waals surface area contributed by atoms with Crippen molar-refractivity contribution in [2.75, 3.05) is 6.54 Å². The van der Waals surface area contributed by atoms with Gasteiger partial charge in [-0.05, 0) is 44.4 Å². The van der Waals surface area contributed by atoms with Crippen LogP contribution in [0.25, 0.3) is 0 Å². The van der Waals surface area contributed by atoms with Gasteiger partial charge in [-0.15, -0.1) is 0 Å². The van der Waals surface area contributed by atoms with Crippen molar-refractivity contribution in [3.05, 3.63) is 75.2 Å². The standard InChI is InChI=1S/C23H23Cl2N5O3/c1-14-20-18(28-29-22(31)16-7-6-15(24)12-17(16)25)4-2-5-19(20)33-21(14)23(32)27-8-3-10-30-11-9-26-13-30/h6-7,9,11-13H,2-5,8,10H2,1H3,(H,27,32)(H,29,31)/b28-18+. The number of imidazole rings is 1. The summed E-state index contributed by atoms with van der Waals surface area (Å²) in [4.78, 5) is 29.2. The Morgan fingerprint density at radius 1 is 1.24 bits per heavy atom. The van der Waals surface area contributed by atoms with Crippen LogP contribution in [-0.2, 0) is 13.0 Å². The third-order valence-corrected chi connectivity index (χ3v) is 5.99. The molecule has 8 nitrogen and oxygen atoms in total. The van der Waals surface area contributed by atoms with Crippen molar-refractivity contribution >= 4 is 40.7 Å². The largest absolute Gasteiger partial charge is 0.455 e. The molecule has 0 bridgehead atoms. The van der Waals surface area contributed by atoms with Crippen LogP contribution in [0, 0.1) is 6.92 Å². The zero-order chi connectivity index (χ0) is 23.4. The minimum atomic E-state index is -0.437. The number of carbonyl (C=O) groups excluding carboxylic acids is 2. The molecule has 0 aliphatic heterocycles. The van der Waals surface area contributed by atoms with Gasteiger partial charge in [0.2, 0.25) is 0 Å². The van der Waals surface area contributed by atoms with E-state index < -0.39 is 5.91 Å². The molecule has 1 aromatic carbocycles. The molecule has 0 radical (unpaired) electrons. The second-order valence-corrected chi connectivity index (χ2v) is 8.59. The number of carbonyl (C=O) groups is 2. The number of hydrazone groups is 1. The number of aromatic nitrogens is 2. The van der Waals surface area contributed by atoms with Gasteiger partial charge >= 0.3 is 0 Å². The molecule has 0 saturated carbocycles. The van der Waals surface area contributed by atoms with Crippen LogP contribution >= 0.6 is 23.2 Å². The summed E-state index contributed by atoms with van der Waals surface area (Å²) in [5.41, 5.74) is 5.02. The molecule has 33 heavy (non-hydrogen) atoms. The lowest BCUT2D eigenvalue weighted by molar-refractivity contribution is 0.0920. The predicted molar refractivity (Wildman–Crippen MR) is 126 cm³/mol. The van der Waals surface area contributed by atoms with E-state index >= 15 is 0 Å². The Morgan fingerprint density at radius 2 is 2.09 bits per heavy atom. The van der Waals surface area contributed by atoms with Crippen molar-refractivity contribution in [2.24, 2.45) is 5.10 Å². The van der Waals surface area contributed by atoms with Gasteiger partial charge in [0.25, 0.3) is 11.8 Å². The van der Waals surface area contributed by atoms with E-state index in [1.807, 2.05) is 17.7 Å². The first-order valence-corrected chi connectivity index (χ1v) is 11.4. The quantitative estimate of drug-likeness (QED) is 0.381. The lowest BCUT2D eigenvalue weighted by Gasteiger charge is -2.13. The summed E-state index contributed by atoms with van der Waals surface area (Å²) in [5.74, 6) is 0.293. The van der Waals surface area contributed by atoms with Crippen molar-refractivity contribution < 1.29 is 14.0 Å². The Kier molecular flexibility index (Phi) is 7.15. The smallest absolute Gasteiger partial charge is 0.287 e. The molecule has 0 unspecified atom stereocenters. The first-order valence-electron chi connectivity index (χ1n) is 10.6. The highest BCUT2D eigenvalue weighted by Gasteiger charge is 2.28. The number of benzene rings is 1. The van der Waals surface area contributed by atoms with Crippen LogP contribution in [0.2, 0.25) is 10.0 Å². The van der Waals surface area contributed by atoms with E-state index in [1.54, 1.807) is 24.7 Å². The number of nitrogens with zero attached hydrogens (tertiary/aromatic N) is 3. The Labute approximate surface area is 201 Å². The minimum Gasteiger partial charge on any atom is -0.455 e. The topological polar surface area (TPSA) is 102 Å². The number of aryl methyl sites for hydroxylation is 2. The lowest BCUT2D eigenvalue weighted by Crippen LogP contribution is -2.25. The number of nitrogens with one attached hydrogen (secondary N) is 2. The number of furan rings is 1. The van der Waals surface area contributed by atoms with E-state index in [-0.39, 0.29) is 22.3 Å². The van der Waals surface area contributed by atoms with Gasteiger partial charge in [0.05, 0.1) is 22.6 Å². The summed E-state index contributed by atoms with van der Waals surface area (Å²) in [7, 11) is 0. The zero-order valence-electron chi connectivity index (χ0n) is 18.0. The monoisotopic (exact) mass is 487 g/mol. The molecule has 2 heterocycles. The summed E-state index contributed by atoms with van der Waals surface area (Å²) in [6, 6.07) is 4.64. The van der Waals surface area contributed by atoms with E-state index in [1.165, 1.54) is 6.07 Å². The molecular formula is C23H23Cl2N5O3. The average Bonchev–Trinajstić information content (AvgIpc) is 3.43. The molecule has 3 aromatic rings. The molecule has 0 fully saturated rings. The van der Waals surface area contributed by atoms with Crippen LogP contribution in [0.4, 0.5) is 0 Å². The highest BCUT2D eigenvalue weighted by Crippen LogP contribution is 2.30. The van der Waals surface area contributed by atoms with Crippen LogP contribution in [0.1, 0.15) is 57.1 Å². The first-order chi connectivity index (χ1) is 15.9. The molecule has 10 heteroatoms. The highest BCUT2D eigenvalue weighted by molar-refractivity contribution is 6.36. The van der Waals surface area contributed by atoms with Crippen molar-refractivity contribution in [1.29, 1.82) is 0 Å². The van der Waals surface area contributed by atoms with Crippen LogP contribution in [0.15, 0.2) is 46.4 Å². The SMILES string of the molecule is Cc1c(C(=O)NCCCn2ccnc2)oc2c1/C(=N/NC(=O)c1ccc(Cl)cc1Cl)CCC2. The van der Waals surface area contributed by atoms with E-state index in [0.717, 1.165) is 24.9 Å². The number of hydrogen-bond acceptors (Lipinski definition) is 5. The zero-order valence-corrected chi connectivity index (χ0v) is 19.5. The van der Waals surface area contributed by atoms with Crippen LogP contribution in [0.3, 0.4) is 0 Å². The maximum absolute atomic E-state index is 12.7. The highest BCUT2D eigenvalue weighted by atomic mass is 35.5. The van der Waals surface area contributed by atoms with Gasteiger partial charge in [-0.3, -0.25) is 9.59 Å². The molecule has 0 atom stereocenters. The fourth-order valence-electron chi connectivity index (χ4n) is 3.81. The van der Waals surface area contributed by atoms with Gasteiger partial charge in [0.15, 0.2) is 5.76 Å². The third-order valence-electron chi connectivity index (χ3n) is 5.44. The Morgan fingerprint density at radius 3 is 2.85 bits per heavy atom. The second-order valence-electron chi connectivity index (χ2n) is 7.74. The van der Waals surface area contributed by atoms with Crippen LogP contribution in [-0.4, -0.2) is 33.6 Å². The third kappa shape index (κ3) is 5.29. The van der Waals surface area contributed by atoms with E-state index in [9.17, 15) is 9.59 Å². The summed E-state index contributed by atoms with van der Waals surface area (Å²) >= 11 is 12.0. The number of fused-ring (bicyclic) bond motifs is 1. The number of halogens is 2. The van der Waals surface area contributed by atoms with Crippen molar-refractivity contribution in [2.45, 2.75) is 39.2 Å². The minimum absolute atomic E-state index is 0.246. The fourth-order valence-corrected chi connectivity index (χ4v) is 4.31. The molecule has 0 saturated heterocycles. The molecule has 2 aromatic heterocycles. The van der Waals surface area contributed by atoms with E-state index in [2.05, 4.69) is 20.8 Å². The first kappa shape index (κ1) is 23.1. The summed E-state index contributed by atoms with van der Waals surface area (Å²) in [6.07, 6.45) is 8.30. The summed E-state index contributed by atoms with van der Waals surface area (Å²) in [5, 5.41) is 7.93. The van der Waals surface area contributed by atoms with Crippen LogP contribution in [0.5, 0.6) is 0 Å². The Hall–Kier alpha value is -3.10. The molecule has 2 amide bonds. The van der Waals surface area contributed by atoms with Crippen molar-refractivity contribution in [3.8, 4) is 0 Å². The van der Waals surface area contributed by atoms with Gasteiger partial charge in [-0.25, -0.2) is 10.4 Å². The maximum Gasteiger partial charge on any atom is 0.287 e. The summed E-state index contributed by atoms with van der Waals surface area (Å²) in [6.45, 7) is 3.12. The number of rotatable bonds is 7. The van der Waals surface area contributed by atoms with Gasteiger partial charge in [-0.1, -0.05) is 23.2 Å². The number of hydrogen-bond donors (Lipinski definition) is 2. The second kappa shape index (κ2) is 10.2. The normalized spacial score (nSPS) is 14.2. The average molecular weight is 488 g/mol. The predicted octanol–water partition coefficient (Wildman–Crippen LogP) is 4.38. The molecule has 1 aliphatic rings. The van der Waals surface area contributed by atoms with E-state index in [0.29, 0.717) is 41.4 Å². The molecular weight excluding hydrogens is 465 g/mol. The molecule has 172 valence electrons. The van der Waals surface area contributed by atoms with Crippen LogP contribution < -0.4 is 10.7 Å². The molecule has 2 N–H and O–H groups in total. The van der Waals surface area contributed by atoms with Gasteiger partial charge in [0, 0.05) is 48.1 Å². The Bertz CT molecular complexity index is 1200. The molecule has 0 spiro atoms. The Balaban J connectivity index is 1.44. The lowest BCUT2D eigenvalue weighted by atomic mass is 9.93. The fraction of sp³-hybridized carbons (Fsp3) is 0.304. The maximum atomic E-state index is 12.7. The van der Waals surface area contributed by atoms with Gasteiger partial charge in [0.1, 0.15) is 5.76 Å². The van der Waals surface area contributed by atoms with Gasteiger partial charge in [-0.2, -0.15) is 5.10 Å². The summed E-state index contributed by atoms with van der Waals surface area (Å²) < 4.78 is 7.85. The van der Waals surface area contributed by atoms with Crippen molar-refractivity contribution in [1.82, 2.24) is 20.3 Å². The molecule has 4 rings (SSSR count). The van der Waals surface area contributed by atoms with Crippen molar-refractivity contribution in [3.63, 3.8) is 0 Å². The molecule has 1 aliphatic carbocycles. The van der Waals surface area contributed by atoms with E-state index in [4.69, 9.17) is 27.6 Å².